The zero-order valence-electron chi connectivity index (χ0n) is 27.2. The van der Waals surface area contributed by atoms with Crippen molar-refractivity contribution in [1.29, 1.82) is 0 Å². The number of carbonyl (C=O) groups excluding carboxylic acids is 3. The Labute approximate surface area is 268 Å². The van der Waals surface area contributed by atoms with Crippen LogP contribution >= 0.6 is 0 Å². The third-order valence-corrected chi connectivity index (χ3v) is 8.96. The molecule has 1 aromatic carbocycles. The summed E-state index contributed by atoms with van der Waals surface area (Å²) in [6.45, 7) is 3.79. The molecule has 1 saturated carbocycles. The van der Waals surface area contributed by atoms with E-state index < -0.39 is 23.7 Å². The Morgan fingerprint density at radius 3 is 2.53 bits per heavy atom. The molecular formula is C37H50N4O4. The summed E-state index contributed by atoms with van der Waals surface area (Å²) >= 11 is 0. The molecule has 0 bridgehead atoms. The van der Waals surface area contributed by atoms with E-state index in [1.807, 2.05) is 50.3 Å². The zero-order chi connectivity index (χ0) is 32.6. The second-order valence-electron chi connectivity index (χ2n) is 13.5. The lowest BCUT2D eigenvalue weighted by molar-refractivity contribution is -0.146. The fourth-order valence-electron chi connectivity index (χ4n) is 6.23. The number of allylic oxidation sites excluding steroid dienone is 7. The van der Waals surface area contributed by atoms with Crippen LogP contribution in [0.1, 0.15) is 64.4 Å². The summed E-state index contributed by atoms with van der Waals surface area (Å²) in [5, 5.41) is 13.3. The number of aliphatic hydroxyl groups is 1. The van der Waals surface area contributed by atoms with E-state index in [1.54, 1.807) is 20.2 Å². The van der Waals surface area contributed by atoms with Crippen molar-refractivity contribution in [1.82, 2.24) is 15.1 Å². The molecule has 8 nitrogen and oxygen atoms in total. The van der Waals surface area contributed by atoms with Gasteiger partial charge in [-0.2, -0.15) is 0 Å². The number of amides is 3. The Hall–Kier alpha value is -3.75. The molecule has 1 fully saturated rings. The summed E-state index contributed by atoms with van der Waals surface area (Å²) in [5.41, 5.74) is 8.78. The molecule has 0 radical (unpaired) electrons. The van der Waals surface area contributed by atoms with Crippen LogP contribution in [0.3, 0.4) is 0 Å². The van der Waals surface area contributed by atoms with Crippen LogP contribution in [0.25, 0.3) is 0 Å². The average molecular weight is 615 g/mol. The lowest BCUT2D eigenvalue weighted by Crippen LogP contribution is -2.56. The van der Waals surface area contributed by atoms with Gasteiger partial charge in [-0.25, -0.2) is 0 Å². The van der Waals surface area contributed by atoms with Crippen molar-refractivity contribution < 1.29 is 19.5 Å². The first-order chi connectivity index (χ1) is 21.4. The van der Waals surface area contributed by atoms with Gasteiger partial charge < -0.3 is 26.0 Å². The van der Waals surface area contributed by atoms with Crippen LogP contribution in [0.15, 0.2) is 90.1 Å². The van der Waals surface area contributed by atoms with Crippen molar-refractivity contribution in [2.75, 3.05) is 14.1 Å². The van der Waals surface area contributed by atoms with Gasteiger partial charge in [-0.15, -0.1) is 0 Å². The summed E-state index contributed by atoms with van der Waals surface area (Å²) in [7, 11) is 3.30. The van der Waals surface area contributed by atoms with Crippen LogP contribution in [0.2, 0.25) is 0 Å². The van der Waals surface area contributed by atoms with Gasteiger partial charge in [-0.3, -0.25) is 14.4 Å². The van der Waals surface area contributed by atoms with Gasteiger partial charge in [0.05, 0.1) is 6.10 Å². The van der Waals surface area contributed by atoms with Gasteiger partial charge in [0.25, 0.3) is 0 Å². The number of hydrogen-bond acceptors (Lipinski definition) is 5. The normalized spacial score (nSPS) is 22.6. The third-order valence-electron chi connectivity index (χ3n) is 8.96. The van der Waals surface area contributed by atoms with Crippen LogP contribution < -0.4 is 11.1 Å². The molecule has 45 heavy (non-hydrogen) atoms. The molecule has 0 aliphatic heterocycles. The maximum Gasteiger partial charge on any atom is 0.246 e. The van der Waals surface area contributed by atoms with Crippen molar-refractivity contribution in [2.24, 2.45) is 11.7 Å². The highest BCUT2D eigenvalue weighted by Gasteiger charge is 2.36. The smallest absolute Gasteiger partial charge is 0.246 e. The second-order valence-corrected chi connectivity index (χ2v) is 13.5. The first kappa shape index (κ1) is 34.1. The highest BCUT2D eigenvalue weighted by Crippen LogP contribution is 2.31. The highest BCUT2D eigenvalue weighted by molar-refractivity contribution is 5.95. The molecule has 4 N–H and O–H groups in total. The fraction of sp³-hybridized carbons (Fsp3) is 0.486. The number of nitrogens with two attached hydrogens (primary N) is 1. The van der Waals surface area contributed by atoms with Crippen LogP contribution in [-0.2, 0) is 20.8 Å². The molecule has 242 valence electrons. The minimum Gasteiger partial charge on any atom is -0.393 e. The number of fused-ring (bicyclic) bond motifs is 1. The molecule has 0 heterocycles. The molecule has 1 aromatic rings. The first-order valence-corrected chi connectivity index (χ1v) is 16.2. The van der Waals surface area contributed by atoms with E-state index in [0.29, 0.717) is 25.7 Å². The van der Waals surface area contributed by atoms with Gasteiger partial charge in [0, 0.05) is 44.4 Å². The van der Waals surface area contributed by atoms with Crippen molar-refractivity contribution in [2.45, 2.75) is 95.0 Å². The molecule has 3 amide bonds. The number of benzene rings is 1. The molecule has 0 spiro atoms. The van der Waals surface area contributed by atoms with E-state index in [0.717, 1.165) is 36.8 Å². The quantitative estimate of drug-likeness (QED) is 0.303. The average Bonchev–Trinajstić information content (AvgIpc) is 3.01. The second kappa shape index (κ2) is 15.5. The third kappa shape index (κ3) is 9.87. The minimum absolute atomic E-state index is 0.149. The predicted octanol–water partition coefficient (Wildman–Crippen LogP) is 4.38. The molecule has 3 unspecified atom stereocenters. The lowest BCUT2D eigenvalue weighted by Gasteiger charge is -2.36. The fourth-order valence-corrected chi connectivity index (χ4v) is 6.23. The van der Waals surface area contributed by atoms with Crippen LogP contribution in [0, 0.1) is 5.92 Å². The summed E-state index contributed by atoms with van der Waals surface area (Å²) in [5.74, 6) is -0.629. The standard InChI is InChI=1S/C37H50N4O4/c1-37(2,38)21-11-18-34(43)40(3)33(24-27-19-20-28-14-8-9-15-29(28)22-27)36(45)41(4)32(23-26-12-6-5-7-13-26)35(44)39-30-16-10-17-31(42)25-30/h5-9,11-14,18-20,22,29-33,42H,10,15-17,21,23-25,38H2,1-4H3,(H,39,44)/b18-11+/t29?,30?,31?,32-,33-/m1/s1. The van der Waals surface area contributed by atoms with Crippen molar-refractivity contribution in [3.63, 3.8) is 0 Å². The zero-order valence-corrected chi connectivity index (χ0v) is 27.2. The topological polar surface area (TPSA) is 116 Å². The molecule has 0 aromatic heterocycles. The maximum absolute atomic E-state index is 14.5. The van der Waals surface area contributed by atoms with Crippen molar-refractivity contribution in [3.8, 4) is 0 Å². The Balaban J connectivity index is 1.60. The summed E-state index contributed by atoms with van der Waals surface area (Å²) < 4.78 is 0. The molecule has 3 aliphatic rings. The molecule has 8 heteroatoms. The summed E-state index contributed by atoms with van der Waals surface area (Å²) in [4.78, 5) is 44.7. The molecule has 3 aliphatic carbocycles. The molecular weight excluding hydrogens is 564 g/mol. The Morgan fingerprint density at radius 2 is 1.82 bits per heavy atom. The number of hydrogen-bond donors (Lipinski definition) is 3. The summed E-state index contributed by atoms with van der Waals surface area (Å²) in [6, 6.07) is 7.86. The SMILES string of the molecule is CN(C(=O)/C=C/CC(C)(C)N)[C@H](CC1=CC2CC=CC=C2C=C1)C(=O)N(C)[C@H](Cc1ccccc1)C(=O)NC1CCCC(O)C1. The predicted molar refractivity (Wildman–Crippen MR) is 179 cm³/mol. The van der Waals surface area contributed by atoms with Gasteiger partial charge >= 0.3 is 0 Å². The lowest BCUT2D eigenvalue weighted by atomic mass is 9.84. The van der Waals surface area contributed by atoms with E-state index in [9.17, 15) is 19.5 Å². The van der Waals surface area contributed by atoms with Gasteiger partial charge in [-0.05, 0) is 75.2 Å². The largest absolute Gasteiger partial charge is 0.393 e. The minimum atomic E-state index is -0.832. The number of likely N-dealkylation sites (N-methyl/N-ethyl adjacent to an activating group) is 2. The number of rotatable bonds is 12. The van der Waals surface area contributed by atoms with E-state index in [4.69, 9.17) is 5.73 Å². The van der Waals surface area contributed by atoms with E-state index in [1.165, 1.54) is 21.4 Å². The number of carbonyl (C=O) groups is 3. The number of aliphatic hydroxyl groups excluding tert-OH is 1. The van der Waals surface area contributed by atoms with Gasteiger partial charge in [0.2, 0.25) is 17.7 Å². The van der Waals surface area contributed by atoms with E-state index >= 15 is 0 Å². The van der Waals surface area contributed by atoms with Gasteiger partial charge in [-0.1, -0.05) is 72.9 Å². The van der Waals surface area contributed by atoms with Crippen LogP contribution in [0.4, 0.5) is 0 Å². The number of nitrogens with zero attached hydrogens (tertiary/aromatic N) is 2. The Kier molecular flexibility index (Phi) is 11.8. The first-order valence-electron chi connectivity index (χ1n) is 16.2. The van der Waals surface area contributed by atoms with Crippen LogP contribution in [0.5, 0.6) is 0 Å². The van der Waals surface area contributed by atoms with Gasteiger partial charge in [0.15, 0.2) is 0 Å². The Morgan fingerprint density at radius 1 is 1.07 bits per heavy atom. The monoisotopic (exact) mass is 614 g/mol. The van der Waals surface area contributed by atoms with Crippen molar-refractivity contribution in [3.05, 3.63) is 95.6 Å². The number of nitrogens with one attached hydrogen (secondary N) is 1. The van der Waals surface area contributed by atoms with Gasteiger partial charge in [0.1, 0.15) is 12.1 Å². The van der Waals surface area contributed by atoms with Crippen LogP contribution in [-0.4, -0.2) is 76.5 Å². The van der Waals surface area contributed by atoms with Crippen molar-refractivity contribution >= 4 is 17.7 Å². The highest BCUT2D eigenvalue weighted by atomic mass is 16.3. The summed E-state index contributed by atoms with van der Waals surface area (Å²) in [6.07, 6.45) is 20.3. The van der Waals surface area contributed by atoms with E-state index in [2.05, 4.69) is 35.7 Å². The molecule has 0 saturated heterocycles. The maximum atomic E-state index is 14.5. The Bertz CT molecular complexity index is 1350. The van der Waals surface area contributed by atoms with E-state index in [-0.39, 0.29) is 29.7 Å². The molecule has 5 atom stereocenters. The molecule has 4 rings (SSSR count).